The summed E-state index contributed by atoms with van der Waals surface area (Å²) in [5.74, 6) is 0.450. The number of anilines is 1. The van der Waals surface area contributed by atoms with Crippen LogP contribution in [-0.4, -0.2) is 45.0 Å². The maximum atomic E-state index is 13.1. The first-order chi connectivity index (χ1) is 13.1. The molecule has 1 atom stereocenters. The summed E-state index contributed by atoms with van der Waals surface area (Å²) >= 11 is 0. The highest BCUT2D eigenvalue weighted by atomic mass is 19.1. The van der Waals surface area contributed by atoms with Crippen molar-refractivity contribution >= 4 is 11.7 Å². The predicted molar refractivity (Wildman–Crippen MR) is 99.9 cm³/mol. The van der Waals surface area contributed by atoms with Gasteiger partial charge < -0.3 is 10.2 Å². The number of nitrogens with one attached hydrogen (secondary N) is 2. The van der Waals surface area contributed by atoms with Crippen molar-refractivity contribution in [2.75, 3.05) is 18.0 Å². The zero-order chi connectivity index (χ0) is 18.8. The van der Waals surface area contributed by atoms with Crippen molar-refractivity contribution in [2.24, 2.45) is 7.05 Å². The zero-order valence-corrected chi connectivity index (χ0v) is 15.0. The molecule has 140 valence electrons. The Hall–Kier alpha value is -3.16. The molecule has 0 unspecified atom stereocenters. The van der Waals surface area contributed by atoms with E-state index in [9.17, 15) is 9.18 Å². The first-order valence-electron chi connectivity index (χ1n) is 8.95. The number of halogens is 1. The van der Waals surface area contributed by atoms with Gasteiger partial charge in [-0.3, -0.25) is 14.6 Å². The lowest BCUT2D eigenvalue weighted by molar-refractivity contribution is 0.0923. The molecule has 2 N–H and O–H groups in total. The molecule has 3 aromatic rings. The van der Waals surface area contributed by atoms with Gasteiger partial charge in [-0.1, -0.05) is 0 Å². The number of amides is 1. The van der Waals surface area contributed by atoms with Crippen molar-refractivity contribution in [1.29, 1.82) is 0 Å². The van der Waals surface area contributed by atoms with Gasteiger partial charge in [-0.05, 0) is 48.7 Å². The second-order valence-corrected chi connectivity index (χ2v) is 6.75. The van der Waals surface area contributed by atoms with Crippen LogP contribution in [0, 0.1) is 5.82 Å². The molecule has 1 saturated heterocycles. The fourth-order valence-electron chi connectivity index (χ4n) is 3.41. The van der Waals surface area contributed by atoms with Gasteiger partial charge in [0.2, 0.25) is 0 Å². The summed E-state index contributed by atoms with van der Waals surface area (Å²) in [5, 5.41) is 14.5. The van der Waals surface area contributed by atoms with E-state index in [1.54, 1.807) is 36.1 Å². The first-order valence-corrected chi connectivity index (χ1v) is 8.95. The van der Waals surface area contributed by atoms with E-state index in [-0.39, 0.29) is 17.8 Å². The maximum Gasteiger partial charge on any atom is 0.269 e. The van der Waals surface area contributed by atoms with Gasteiger partial charge in [0.15, 0.2) is 5.82 Å². The van der Waals surface area contributed by atoms with Gasteiger partial charge in [-0.2, -0.15) is 10.2 Å². The smallest absolute Gasteiger partial charge is 0.269 e. The summed E-state index contributed by atoms with van der Waals surface area (Å²) in [7, 11) is 1.75. The third-order valence-electron chi connectivity index (χ3n) is 4.85. The molecule has 0 aliphatic carbocycles. The maximum absolute atomic E-state index is 13.1. The van der Waals surface area contributed by atoms with Crippen LogP contribution < -0.4 is 10.2 Å². The lowest BCUT2D eigenvalue weighted by Gasteiger charge is -2.33. The van der Waals surface area contributed by atoms with Crippen LogP contribution in [0.1, 0.15) is 23.3 Å². The number of benzene rings is 1. The summed E-state index contributed by atoms with van der Waals surface area (Å²) in [5.41, 5.74) is 2.27. The van der Waals surface area contributed by atoms with Crippen molar-refractivity contribution < 1.29 is 9.18 Å². The van der Waals surface area contributed by atoms with Gasteiger partial charge in [-0.15, -0.1) is 0 Å². The zero-order valence-electron chi connectivity index (χ0n) is 15.0. The number of rotatable bonds is 4. The van der Waals surface area contributed by atoms with E-state index >= 15 is 0 Å². The van der Waals surface area contributed by atoms with Crippen LogP contribution in [0.3, 0.4) is 0 Å². The Labute approximate surface area is 156 Å². The Morgan fingerprint density at radius 1 is 1.30 bits per heavy atom. The first kappa shape index (κ1) is 17.3. The minimum absolute atomic E-state index is 0.0483. The lowest BCUT2D eigenvalue weighted by atomic mass is 10.1. The van der Waals surface area contributed by atoms with Gasteiger partial charge in [0.05, 0.1) is 5.69 Å². The lowest BCUT2D eigenvalue weighted by Crippen LogP contribution is -2.48. The highest BCUT2D eigenvalue weighted by Crippen LogP contribution is 2.24. The van der Waals surface area contributed by atoms with Crippen molar-refractivity contribution in [2.45, 2.75) is 18.9 Å². The average molecular weight is 368 g/mol. The highest BCUT2D eigenvalue weighted by Gasteiger charge is 2.24. The number of nitrogens with zero attached hydrogens (tertiary/aromatic N) is 4. The molecule has 0 spiro atoms. The van der Waals surface area contributed by atoms with E-state index in [0.29, 0.717) is 12.2 Å². The molecule has 1 fully saturated rings. The van der Waals surface area contributed by atoms with Crippen molar-refractivity contribution in [3.63, 3.8) is 0 Å². The molecule has 7 nitrogen and oxygen atoms in total. The molecule has 1 aliphatic rings. The van der Waals surface area contributed by atoms with Gasteiger partial charge >= 0.3 is 0 Å². The second-order valence-electron chi connectivity index (χ2n) is 6.75. The Morgan fingerprint density at radius 2 is 2.11 bits per heavy atom. The molecule has 0 saturated carbocycles. The second kappa shape index (κ2) is 7.22. The number of aromatic amines is 1. The molecule has 1 aromatic carbocycles. The molecular weight excluding hydrogens is 347 g/mol. The molecule has 0 bridgehead atoms. The van der Waals surface area contributed by atoms with Gasteiger partial charge in [0.25, 0.3) is 5.91 Å². The number of hydrogen-bond donors (Lipinski definition) is 2. The summed E-state index contributed by atoms with van der Waals surface area (Å²) in [6.45, 7) is 1.57. The van der Waals surface area contributed by atoms with E-state index in [1.165, 1.54) is 12.1 Å². The number of H-pyrrole nitrogens is 1. The highest BCUT2D eigenvalue weighted by molar-refractivity contribution is 5.92. The quantitative estimate of drug-likeness (QED) is 0.741. The Morgan fingerprint density at radius 3 is 2.85 bits per heavy atom. The third kappa shape index (κ3) is 3.69. The van der Waals surface area contributed by atoms with E-state index in [4.69, 9.17) is 0 Å². The van der Waals surface area contributed by atoms with Crippen LogP contribution >= 0.6 is 0 Å². The number of aryl methyl sites for hydroxylation is 1. The van der Waals surface area contributed by atoms with Crippen molar-refractivity contribution in [3.05, 3.63) is 54.1 Å². The number of carbonyl (C=O) groups excluding carboxylic acids is 1. The molecule has 3 heterocycles. The molecule has 1 amide bonds. The van der Waals surface area contributed by atoms with Crippen LogP contribution in [0.4, 0.5) is 10.2 Å². The number of aromatic nitrogens is 4. The topological polar surface area (TPSA) is 78.8 Å². The van der Waals surface area contributed by atoms with E-state index in [0.717, 1.165) is 36.5 Å². The Balaban J connectivity index is 1.43. The van der Waals surface area contributed by atoms with Crippen LogP contribution in [0.25, 0.3) is 11.3 Å². The number of hydrogen-bond acceptors (Lipinski definition) is 4. The summed E-state index contributed by atoms with van der Waals surface area (Å²) in [6.07, 6.45) is 3.51. The molecule has 1 aliphatic heterocycles. The predicted octanol–water partition coefficient (Wildman–Crippen LogP) is 2.35. The fourth-order valence-corrected chi connectivity index (χ4v) is 3.41. The standard InChI is InChI=1S/C19H21FN6O/c1-25-17(8-9-21-25)19(27)22-15-3-2-10-26(12-15)18-11-16(23-24-18)13-4-6-14(20)7-5-13/h4-9,11,15H,2-3,10,12H2,1H3,(H,22,27)(H,23,24)/t15-/m1/s1. The van der Waals surface area contributed by atoms with Gasteiger partial charge in [0, 0.05) is 38.4 Å². The average Bonchev–Trinajstić information content (AvgIpc) is 3.32. The van der Waals surface area contributed by atoms with Crippen LogP contribution in [0.15, 0.2) is 42.6 Å². The molecular formula is C19H21FN6O. The monoisotopic (exact) mass is 368 g/mol. The summed E-state index contributed by atoms with van der Waals surface area (Å²) < 4.78 is 14.7. The van der Waals surface area contributed by atoms with Gasteiger partial charge in [-0.25, -0.2) is 4.39 Å². The largest absolute Gasteiger partial charge is 0.353 e. The summed E-state index contributed by atoms with van der Waals surface area (Å²) in [6, 6.07) is 10.0. The molecule has 4 rings (SSSR count). The fraction of sp³-hybridized carbons (Fsp3) is 0.316. The molecule has 8 heteroatoms. The SMILES string of the molecule is Cn1nccc1C(=O)N[C@@H]1CCCN(c2cc(-c3ccc(F)cc3)[nH]n2)C1. The third-order valence-corrected chi connectivity index (χ3v) is 4.85. The van der Waals surface area contributed by atoms with Gasteiger partial charge in [0.1, 0.15) is 11.5 Å². The van der Waals surface area contributed by atoms with Crippen LogP contribution in [0.5, 0.6) is 0 Å². The minimum atomic E-state index is -0.262. The van der Waals surface area contributed by atoms with E-state index in [2.05, 4.69) is 25.5 Å². The van der Waals surface area contributed by atoms with E-state index < -0.39 is 0 Å². The van der Waals surface area contributed by atoms with Crippen LogP contribution in [-0.2, 0) is 7.05 Å². The molecule has 27 heavy (non-hydrogen) atoms. The Bertz CT molecular complexity index is 932. The number of piperidine rings is 1. The molecule has 0 radical (unpaired) electrons. The molecule has 2 aromatic heterocycles. The number of carbonyl (C=O) groups is 1. The van der Waals surface area contributed by atoms with E-state index in [1.807, 2.05) is 6.07 Å². The summed E-state index contributed by atoms with van der Waals surface area (Å²) in [4.78, 5) is 14.6. The van der Waals surface area contributed by atoms with Crippen molar-refractivity contribution in [3.8, 4) is 11.3 Å². The normalized spacial score (nSPS) is 17.1. The van der Waals surface area contributed by atoms with Crippen LogP contribution in [0.2, 0.25) is 0 Å². The van der Waals surface area contributed by atoms with Crippen molar-refractivity contribution in [1.82, 2.24) is 25.3 Å². The Kier molecular flexibility index (Phi) is 4.62. The minimum Gasteiger partial charge on any atom is -0.353 e.